The van der Waals surface area contributed by atoms with Crippen molar-refractivity contribution < 1.29 is 183 Å². The Labute approximate surface area is 516 Å². The van der Waals surface area contributed by atoms with E-state index < -0.39 is 284 Å². The highest BCUT2D eigenvalue weighted by atomic mass is 16.8. The van der Waals surface area contributed by atoms with Crippen molar-refractivity contribution in [3.63, 3.8) is 0 Å². The quantitative estimate of drug-likeness (QED) is 0.0363. The van der Waals surface area contributed by atoms with Gasteiger partial charge in [-0.25, -0.2) is 4.79 Å². The van der Waals surface area contributed by atoms with E-state index in [1.807, 2.05) is 0 Å². The molecule has 6 saturated heterocycles. The van der Waals surface area contributed by atoms with Gasteiger partial charge in [-0.15, -0.1) is 0 Å². The number of rotatable bonds is 27. The van der Waals surface area contributed by atoms with Crippen molar-refractivity contribution >= 4 is 23.7 Å². The maximum Gasteiger partial charge on any atom is 0.364 e. The SMILES string of the molecule is CC(=O)N[C@H]1[C@H](OC[C@H]2O[C@@H](O[C@@H]([C@@H](O)[C@H](O)CO[C@]3(C(=O)O)C[C@H](O)[C@@H](NC(C)=O)[C@H]([C@H](O)[C@H](O)CO)O3)[C@H](CO)NC(C)=O)[C@H](O[C@@H]3O[C@@H](C)[C@@H](O)[C@@H](O)[C@@H]3O)[C@@H](O[C@@H]3O[C@H](CO)[C@H](O)[C@H](O)[C@H]3O[C@@H]3O[C@@H](C)[C@@H](O)[C@@H](O)[C@@H]3O)[C@H]2O)O[C@H](CO)[C@@H](O)[C@@H]1O. The van der Waals surface area contributed by atoms with Crippen molar-refractivity contribution in [2.45, 2.75) is 255 Å². The minimum Gasteiger partial charge on any atom is -0.477 e. The molecular weight excluding hydrogens is 1250 g/mol. The molecule has 6 rings (SSSR count). The molecule has 0 saturated carbocycles. The van der Waals surface area contributed by atoms with Gasteiger partial charge in [-0.3, -0.25) is 14.4 Å². The first-order valence-electron chi connectivity index (χ1n) is 28.9. The van der Waals surface area contributed by atoms with Crippen molar-refractivity contribution in [1.29, 1.82) is 0 Å². The lowest BCUT2D eigenvalue weighted by atomic mass is 9.88. The zero-order valence-electron chi connectivity index (χ0n) is 49.5. The number of carboxylic acid groups (broad SMARTS) is 1. The van der Waals surface area contributed by atoms with Gasteiger partial charge in [-0.05, 0) is 13.8 Å². The summed E-state index contributed by atoms with van der Waals surface area (Å²) in [6.07, 6.45) is -66.3. The minimum atomic E-state index is -3.18. The van der Waals surface area contributed by atoms with Crippen molar-refractivity contribution in [3.05, 3.63) is 0 Å². The highest BCUT2D eigenvalue weighted by Gasteiger charge is 2.60. The molecule has 40 nitrogen and oxygen atoms in total. The number of aliphatic hydroxyl groups is 20. The standard InChI is InChI=1S/C51H87N3O37/c1-13-27(65)35(73)38(76)46(82-13)89-43-37(75)32(70)23(10-58)85-48(43)88-42-33(71)24(12-80-45-26(54-17(5)61)34(72)31(69)22(9-57)84-45)86-49(44(42)90-47-39(77)36(74)28(66)14(2)83-47)87-40(18(7-55)52-15(3)59)30(68)21(64)11-81-51(50(78)79)6-19(62)25(53-16(4)60)41(91-51)29(67)20(63)8-56/h13-14,18-49,55-58,62-77H,6-12H2,1-5H3,(H,52,59)(H,53,60)(H,54,61)(H,78,79)/t13-,14-,18-,19-,20+,21+,22+,23+,24+,25+,26+,27+,28+,29+,30-,31+,32-,33-,34+,35+,36+,37-,38-,39-,40+,41+,42-,43+,44+,45+,46-,47-,48-,49-,51+/m0/s1. The summed E-state index contributed by atoms with van der Waals surface area (Å²) in [5.74, 6) is -7.95. The number of carbonyl (C=O) groups excluding carboxylic acids is 3. The number of aliphatic hydroxyl groups excluding tert-OH is 20. The van der Waals surface area contributed by atoms with Crippen LogP contribution in [0.1, 0.15) is 41.0 Å². The molecular formula is C51H87N3O37. The third kappa shape index (κ3) is 17.6. The number of hydrogen-bond donors (Lipinski definition) is 24. The first-order chi connectivity index (χ1) is 42.7. The molecule has 0 radical (unpaired) electrons. The second-order valence-electron chi connectivity index (χ2n) is 23.0. The predicted octanol–water partition coefficient (Wildman–Crippen LogP) is -14.9. The first kappa shape index (κ1) is 76.6. The van der Waals surface area contributed by atoms with Gasteiger partial charge in [-0.2, -0.15) is 0 Å². The molecule has 528 valence electrons. The summed E-state index contributed by atoms with van der Waals surface area (Å²) in [7, 11) is 0. The van der Waals surface area contributed by atoms with Gasteiger partial charge in [0.05, 0.1) is 70.0 Å². The molecule has 6 fully saturated rings. The highest BCUT2D eigenvalue weighted by Crippen LogP contribution is 2.39. The van der Waals surface area contributed by atoms with Crippen LogP contribution in [0, 0.1) is 0 Å². The number of aliphatic carboxylic acids is 1. The van der Waals surface area contributed by atoms with Crippen LogP contribution < -0.4 is 16.0 Å². The number of carboxylic acids is 1. The van der Waals surface area contributed by atoms with E-state index in [9.17, 15) is 126 Å². The topological polar surface area (TPSA) is 640 Å². The average molecular weight is 1330 g/mol. The van der Waals surface area contributed by atoms with Gasteiger partial charge in [-0.1, -0.05) is 0 Å². The minimum absolute atomic E-state index is 0.830. The Balaban J connectivity index is 1.48. The molecule has 6 aliphatic heterocycles. The Bertz CT molecular complexity index is 2330. The third-order valence-corrected chi connectivity index (χ3v) is 16.3. The van der Waals surface area contributed by atoms with Crippen LogP contribution in [0.2, 0.25) is 0 Å². The fourth-order valence-corrected chi connectivity index (χ4v) is 11.1. The zero-order valence-corrected chi connectivity index (χ0v) is 49.5. The fraction of sp³-hybridized carbons (Fsp3) is 0.922. The lowest BCUT2D eigenvalue weighted by molar-refractivity contribution is -0.409. The maximum atomic E-state index is 13.1. The molecule has 0 aromatic rings. The van der Waals surface area contributed by atoms with Crippen molar-refractivity contribution in [3.8, 4) is 0 Å². The van der Waals surface area contributed by atoms with Crippen LogP contribution in [0.15, 0.2) is 0 Å². The summed E-state index contributed by atoms with van der Waals surface area (Å²) in [6.45, 7) is -1.77. The summed E-state index contributed by atoms with van der Waals surface area (Å²) in [5, 5.41) is 237. The Morgan fingerprint density at radius 2 is 1.03 bits per heavy atom. The normalized spacial score (nSPS) is 44.3. The van der Waals surface area contributed by atoms with Gasteiger partial charge >= 0.3 is 5.97 Å². The van der Waals surface area contributed by atoms with Crippen LogP contribution >= 0.6 is 0 Å². The van der Waals surface area contributed by atoms with E-state index in [1.54, 1.807) is 0 Å². The number of carbonyl (C=O) groups is 4. The van der Waals surface area contributed by atoms with E-state index in [0.717, 1.165) is 20.8 Å². The largest absolute Gasteiger partial charge is 0.477 e. The number of amides is 3. The van der Waals surface area contributed by atoms with Crippen LogP contribution in [-0.2, 0) is 76.0 Å². The van der Waals surface area contributed by atoms with Gasteiger partial charge in [0.25, 0.3) is 5.79 Å². The van der Waals surface area contributed by atoms with Crippen molar-refractivity contribution in [1.82, 2.24) is 16.0 Å². The molecule has 0 unspecified atom stereocenters. The third-order valence-electron chi connectivity index (χ3n) is 16.3. The van der Waals surface area contributed by atoms with Crippen molar-refractivity contribution in [2.24, 2.45) is 0 Å². The van der Waals surface area contributed by atoms with Crippen LogP contribution in [0.3, 0.4) is 0 Å². The second-order valence-corrected chi connectivity index (χ2v) is 23.0. The molecule has 24 N–H and O–H groups in total. The molecule has 0 aromatic heterocycles. The second kappa shape index (κ2) is 33.0. The first-order valence-corrected chi connectivity index (χ1v) is 28.9. The molecule has 91 heavy (non-hydrogen) atoms. The Kier molecular flexibility index (Phi) is 27.8. The molecule has 6 aliphatic rings. The Morgan fingerprint density at radius 1 is 0.527 bits per heavy atom. The van der Waals surface area contributed by atoms with E-state index in [0.29, 0.717) is 0 Å². The van der Waals surface area contributed by atoms with E-state index in [-0.39, 0.29) is 0 Å². The molecule has 3 amide bonds. The molecule has 35 atom stereocenters. The van der Waals surface area contributed by atoms with Crippen LogP contribution in [0.5, 0.6) is 0 Å². The predicted molar refractivity (Wildman–Crippen MR) is 283 cm³/mol. The number of hydrogen-bond acceptors (Lipinski definition) is 36. The monoisotopic (exact) mass is 1330 g/mol. The maximum absolute atomic E-state index is 13.1. The van der Waals surface area contributed by atoms with Gasteiger partial charge in [0.1, 0.15) is 146 Å². The lowest BCUT2D eigenvalue weighted by Gasteiger charge is -2.51. The Morgan fingerprint density at radius 3 is 1.54 bits per heavy atom. The molecule has 0 aromatic carbocycles. The molecule has 0 spiro atoms. The van der Waals surface area contributed by atoms with Crippen molar-refractivity contribution in [2.75, 3.05) is 39.6 Å². The van der Waals surface area contributed by atoms with E-state index in [4.69, 9.17) is 56.8 Å². The van der Waals surface area contributed by atoms with E-state index in [1.165, 1.54) is 13.8 Å². The summed E-state index contributed by atoms with van der Waals surface area (Å²) in [4.78, 5) is 50.5. The summed E-state index contributed by atoms with van der Waals surface area (Å²) in [6, 6.07) is -5.37. The molecule has 0 aliphatic carbocycles. The van der Waals surface area contributed by atoms with Gasteiger partial charge in [0, 0.05) is 27.2 Å². The fourth-order valence-electron chi connectivity index (χ4n) is 11.1. The lowest BCUT2D eigenvalue weighted by Crippen LogP contribution is -2.69. The molecule has 6 heterocycles. The molecule has 0 bridgehead atoms. The average Bonchev–Trinajstić information content (AvgIpc) is 0.821. The van der Waals surface area contributed by atoms with E-state index in [2.05, 4.69) is 16.0 Å². The van der Waals surface area contributed by atoms with Crippen LogP contribution in [0.25, 0.3) is 0 Å². The van der Waals surface area contributed by atoms with Gasteiger partial charge in [0.2, 0.25) is 17.7 Å². The smallest absolute Gasteiger partial charge is 0.364 e. The van der Waals surface area contributed by atoms with Crippen LogP contribution in [-0.4, -0.2) is 385 Å². The molecule has 40 heteroatoms. The summed E-state index contributed by atoms with van der Waals surface area (Å²) in [5.41, 5.74) is 0. The Hall–Kier alpha value is -3.40. The highest BCUT2D eigenvalue weighted by molar-refractivity contribution is 5.77. The number of nitrogens with one attached hydrogen (secondary N) is 3. The van der Waals surface area contributed by atoms with Crippen LogP contribution in [0.4, 0.5) is 0 Å². The summed E-state index contributed by atoms with van der Waals surface area (Å²) >= 11 is 0. The van der Waals surface area contributed by atoms with Gasteiger partial charge < -0.3 is 180 Å². The zero-order chi connectivity index (χ0) is 68.0. The van der Waals surface area contributed by atoms with E-state index >= 15 is 0 Å². The number of ether oxygens (including phenoxy) is 12. The van der Waals surface area contributed by atoms with Gasteiger partial charge in [0.15, 0.2) is 31.5 Å². The summed E-state index contributed by atoms with van der Waals surface area (Å²) < 4.78 is 70.9.